The van der Waals surface area contributed by atoms with E-state index in [1.807, 2.05) is 21.0 Å². The molecule has 152 valence electrons. The Labute approximate surface area is 163 Å². The summed E-state index contributed by atoms with van der Waals surface area (Å²) in [5.41, 5.74) is 1.39. The second-order valence-corrected chi connectivity index (χ2v) is 9.26. The molecule has 27 heavy (non-hydrogen) atoms. The first kappa shape index (κ1) is 21.8. The summed E-state index contributed by atoms with van der Waals surface area (Å²) in [7, 11) is 0.521. The van der Waals surface area contributed by atoms with Crippen molar-refractivity contribution in [3.8, 4) is 0 Å². The zero-order chi connectivity index (χ0) is 19.9. The SMILES string of the molecule is Cc1ccc(S(=O)(=O)N2CCCCC2)cc1NC(=O)CNCCCN(C)C. The number of nitrogens with one attached hydrogen (secondary N) is 2. The van der Waals surface area contributed by atoms with Crippen LogP contribution in [0.2, 0.25) is 0 Å². The Balaban J connectivity index is 1.97. The van der Waals surface area contributed by atoms with Gasteiger partial charge in [-0.05, 0) is 71.1 Å². The molecule has 0 unspecified atom stereocenters. The summed E-state index contributed by atoms with van der Waals surface area (Å²) in [4.78, 5) is 14.5. The van der Waals surface area contributed by atoms with Crippen LogP contribution in [0.5, 0.6) is 0 Å². The molecule has 0 saturated carbocycles. The number of carbonyl (C=O) groups is 1. The molecule has 8 heteroatoms. The second kappa shape index (κ2) is 10.2. The minimum atomic E-state index is -3.51. The second-order valence-electron chi connectivity index (χ2n) is 7.32. The minimum Gasteiger partial charge on any atom is -0.325 e. The van der Waals surface area contributed by atoms with Gasteiger partial charge in [-0.1, -0.05) is 12.5 Å². The number of amides is 1. The van der Waals surface area contributed by atoms with Gasteiger partial charge in [0.05, 0.1) is 11.4 Å². The van der Waals surface area contributed by atoms with Crippen LogP contribution in [0, 0.1) is 6.92 Å². The average molecular weight is 397 g/mol. The molecule has 0 aliphatic carbocycles. The van der Waals surface area contributed by atoms with Crippen molar-refractivity contribution in [2.24, 2.45) is 0 Å². The summed E-state index contributed by atoms with van der Waals surface area (Å²) in [5.74, 6) is -0.171. The van der Waals surface area contributed by atoms with E-state index in [1.165, 1.54) is 0 Å². The largest absolute Gasteiger partial charge is 0.325 e. The number of anilines is 1. The molecule has 1 aliphatic heterocycles. The lowest BCUT2D eigenvalue weighted by molar-refractivity contribution is -0.115. The highest BCUT2D eigenvalue weighted by Gasteiger charge is 2.26. The van der Waals surface area contributed by atoms with E-state index in [9.17, 15) is 13.2 Å². The third-order valence-corrected chi connectivity index (χ3v) is 6.58. The minimum absolute atomic E-state index is 0.171. The van der Waals surface area contributed by atoms with E-state index in [0.717, 1.165) is 44.3 Å². The monoisotopic (exact) mass is 396 g/mol. The van der Waals surface area contributed by atoms with Gasteiger partial charge >= 0.3 is 0 Å². The van der Waals surface area contributed by atoms with Crippen molar-refractivity contribution in [1.82, 2.24) is 14.5 Å². The fraction of sp³-hybridized carbons (Fsp3) is 0.632. The molecule has 1 amide bonds. The Morgan fingerprint density at radius 1 is 1.19 bits per heavy atom. The molecule has 0 atom stereocenters. The third kappa shape index (κ3) is 6.57. The number of carbonyl (C=O) groups excluding carboxylic acids is 1. The molecule has 2 rings (SSSR count). The summed E-state index contributed by atoms with van der Waals surface area (Å²) >= 11 is 0. The zero-order valence-electron chi connectivity index (χ0n) is 16.6. The van der Waals surface area contributed by atoms with Crippen molar-refractivity contribution < 1.29 is 13.2 Å². The van der Waals surface area contributed by atoms with Gasteiger partial charge in [0.15, 0.2) is 0 Å². The fourth-order valence-electron chi connectivity index (χ4n) is 3.07. The van der Waals surface area contributed by atoms with E-state index in [0.29, 0.717) is 18.8 Å². The van der Waals surface area contributed by atoms with Crippen LogP contribution >= 0.6 is 0 Å². The molecule has 0 radical (unpaired) electrons. The van der Waals surface area contributed by atoms with Gasteiger partial charge in [0.2, 0.25) is 15.9 Å². The molecule has 1 heterocycles. The number of hydrogen-bond acceptors (Lipinski definition) is 5. The van der Waals surface area contributed by atoms with Crippen LogP contribution in [0.4, 0.5) is 5.69 Å². The standard InChI is InChI=1S/C19H32N4O3S/c1-16-8-9-17(27(25,26)23-12-5-4-6-13-23)14-18(16)21-19(24)15-20-10-7-11-22(2)3/h8-9,14,20H,4-7,10-13,15H2,1-3H3,(H,21,24). The van der Waals surface area contributed by atoms with Gasteiger partial charge in [0, 0.05) is 18.8 Å². The van der Waals surface area contributed by atoms with Crippen molar-refractivity contribution >= 4 is 21.6 Å². The number of aryl methyl sites for hydroxylation is 1. The van der Waals surface area contributed by atoms with E-state index in [-0.39, 0.29) is 17.3 Å². The molecule has 0 aromatic heterocycles. The zero-order valence-corrected chi connectivity index (χ0v) is 17.4. The van der Waals surface area contributed by atoms with Crippen LogP contribution in [-0.2, 0) is 14.8 Å². The molecule has 1 aromatic carbocycles. The maximum Gasteiger partial charge on any atom is 0.243 e. The van der Waals surface area contributed by atoms with Crippen molar-refractivity contribution in [2.75, 3.05) is 52.1 Å². The smallest absolute Gasteiger partial charge is 0.243 e. The average Bonchev–Trinajstić information content (AvgIpc) is 2.63. The first-order valence-electron chi connectivity index (χ1n) is 9.57. The van der Waals surface area contributed by atoms with Gasteiger partial charge in [-0.25, -0.2) is 8.42 Å². The van der Waals surface area contributed by atoms with Crippen molar-refractivity contribution in [1.29, 1.82) is 0 Å². The number of rotatable bonds is 9. The maximum absolute atomic E-state index is 12.8. The van der Waals surface area contributed by atoms with Gasteiger partial charge in [-0.15, -0.1) is 0 Å². The van der Waals surface area contributed by atoms with Crippen molar-refractivity contribution in [3.05, 3.63) is 23.8 Å². The van der Waals surface area contributed by atoms with Crippen LogP contribution < -0.4 is 10.6 Å². The topological polar surface area (TPSA) is 81.8 Å². The third-order valence-electron chi connectivity index (χ3n) is 4.68. The number of hydrogen-bond donors (Lipinski definition) is 2. The van der Waals surface area contributed by atoms with Crippen LogP contribution in [0.1, 0.15) is 31.2 Å². The van der Waals surface area contributed by atoms with Crippen LogP contribution in [-0.4, -0.2) is 70.3 Å². The fourth-order valence-corrected chi connectivity index (χ4v) is 4.61. The molecule has 1 fully saturated rings. The summed E-state index contributed by atoms with van der Waals surface area (Å²) < 4.78 is 27.2. The van der Waals surface area contributed by atoms with Gasteiger partial charge in [-0.2, -0.15) is 4.31 Å². The highest BCUT2D eigenvalue weighted by molar-refractivity contribution is 7.89. The van der Waals surface area contributed by atoms with Crippen LogP contribution in [0.15, 0.2) is 23.1 Å². The van der Waals surface area contributed by atoms with Crippen LogP contribution in [0.3, 0.4) is 0 Å². The lowest BCUT2D eigenvalue weighted by Crippen LogP contribution is -2.35. The van der Waals surface area contributed by atoms with E-state index < -0.39 is 10.0 Å². The normalized spacial score (nSPS) is 15.9. The molecule has 0 bridgehead atoms. The highest BCUT2D eigenvalue weighted by Crippen LogP contribution is 2.25. The Bertz CT molecular complexity index is 728. The molecule has 1 aromatic rings. The Morgan fingerprint density at radius 2 is 1.89 bits per heavy atom. The number of nitrogens with zero attached hydrogens (tertiary/aromatic N) is 2. The highest BCUT2D eigenvalue weighted by atomic mass is 32.2. The van der Waals surface area contributed by atoms with Crippen LogP contribution in [0.25, 0.3) is 0 Å². The lowest BCUT2D eigenvalue weighted by atomic mass is 10.2. The van der Waals surface area contributed by atoms with Crippen molar-refractivity contribution in [3.63, 3.8) is 0 Å². The van der Waals surface area contributed by atoms with Crippen molar-refractivity contribution in [2.45, 2.75) is 37.5 Å². The molecule has 0 spiro atoms. The van der Waals surface area contributed by atoms with Gasteiger partial charge in [0.1, 0.15) is 0 Å². The Morgan fingerprint density at radius 3 is 2.56 bits per heavy atom. The lowest BCUT2D eigenvalue weighted by Gasteiger charge is -2.26. The molecule has 1 saturated heterocycles. The van der Waals surface area contributed by atoms with E-state index >= 15 is 0 Å². The molecular formula is C19H32N4O3S. The van der Waals surface area contributed by atoms with Gasteiger partial charge in [0.25, 0.3) is 0 Å². The van der Waals surface area contributed by atoms with Gasteiger partial charge < -0.3 is 15.5 Å². The summed E-state index contributed by atoms with van der Waals surface area (Å²) in [5, 5.41) is 5.94. The molecular weight excluding hydrogens is 364 g/mol. The summed E-state index contributed by atoms with van der Waals surface area (Å²) in [6.07, 6.45) is 3.83. The number of sulfonamides is 1. The Hall–Kier alpha value is -1.48. The van der Waals surface area contributed by atoms with E-state index in [1.54, 1.807) is 22.5 Å². The summed E-state index contributed by atoms with van der Waals surface area (Å²) in [6, 6.07) is 4.94. The van der Waals surface area contributed by atoms with Gasteiger partial charge in [-0.3, -0.25) is 4.79 Å². The molecule has 1 aliphatic rings. The first-order valence-corrected chi connectivity index (χ1v) is 11.0. The predicted molar refractivity (Wildman–Crippen MR) is 108 cm³/mol. The van der Waals surface area contributed by atoms with E-state index in [2.05, 4.69) is 15.5 Å². The van der Waals surface area contributed by atoms with E-state index in [4.69, 9.17) is 0 Å². The molecule has 2 N–H and O–H groups in total. The summed E-state index contributed by atoms with van der Waals surface area (Å²) in [6.45, 7) is 4.91. The maximum atomic E-state index is 12.8. The first-order chi connectivity index (χ1) is 12.8. The molecule has 7 nitrogen and oxygen atoms in total. The number of benzene rings is 1. The quantitative estimate of drug-likeness (QED) is 0.620. The Kier molecular flexibility index (Phi) is 8.22. The predicted octanol–water partition coefficient (Wildman–Crippen LogP) is 1.65. The number of piperidine rings is 1.